The van der Waals surface area contributed by atoms with E-state index in [1.807, 2.05) is 13.8 Å². The minimum absolute atomic E-state index is 0.00493. The Labute approximate surface area is 122 Å². The lowest BCUT2D eigenvalue weighted by molar-refractivity contribution is 0.0935. The fourth-order valence-electron chi connectivity index (χ4n) is 1.83. The highest BCUT2D eigenvalue weighted by Crippen LogP contribution is 2.28. The van der Waals surface area contributed by atoms with Gasteiger partial charge in [-0.1, -0.05) is 29.8 Å². The number of carbonyl (C=O) groups is 1. The van der Waals surface area contributed by atoms with Gasteiger partial charge in [0.2, 0.25) is 0 Å². The van der Waals surface area contributed by atoms with Crippen LogP contribution in [0.25, 0.3) is 0 Å². The van der Waals surface area contributed by atoms with E-state index in [1.54, 1.807) is 0 Å². The molecule has 1 rings (SSSR count). The van der Waals surface area contributed by atoms with Crippen LogP contribution >= 0.6 is 27.3 Å². The second-order valence-corrected chi connectivity index (χ2v) is 6.43. The summed E-state index contributed by atoms with van der Waals surface area (Å²) in [5, 5.41) is 4.90. The molecule has 1 N–H and O–H groups in total. The van der Waals surface area contributed by atoms with E-state index in [9.17, 15) is 4.79 Å². The average molecular weight is 333 g/mol. The molecule has 0 aliphatic heterocycles. The lowest BCUT2D eigenvalue weighted by atomic mass is 9.84. The standard InChI is InChI=1S/C13H21BrN2OS/c1-5-13(6-2,7-14)8-15-12(17)11-9(3)16-10(4)18-11/h5-8H2,1-4H3,(H,15,17). The van der Waals surface area contributed by atoms with Crippen molar-refractivity contribution in [2.24, 2.45) is 5.41 Å². The van der Waals surface area contributed by atoms with E-state index in [4.69, 9.17) is 0 Å². The van der Waals surface area contributed by atoms with Crippen LogP contribution in [-0.2, 0) is 0 Å². The summed E-state index contributed by atoms with van der Waals surface area (Å²) >= 11 is 5.02. The maximum atomic E-state index is 12.1. The Morgan fingerprint density at radius 2 is 2.00 bits per heavy atom. The van der Waals surface area contributed by atoms with Gasteiger partial charge in [0, 0.05) is 11.9 Å². The van der Waals surface area contributed by atoms with Crippen LogP contribution in [0.3, 0.4) is 0 Å². The Hall–Kier alpha value is -0.420. The molecule has 0 unspecified atom stereocenters. The molecule has 3 nitrogen and oxygen atoms in total. The number of rotatable bonds is 6. The minimum atomic E-state index is 0.00493. The van der Waals surface area contributed by atoms with Gasteiger partial charge in [0.1, 0.15) is 4.88 Å². The van der Waals surface area contributed by atoms with Crippen molar-refractivity contribution in [3.63, 3.8) is 0 Å². The van der Waals surface area contributed by atoms with Gasteiger partial charge in [0.25, 0.3) is 5.91 Å². The third-order valence-electron chi connectivity index (χ3n) is 3.52. The molecule has 0 aliphatic carbocycles. The predicted molar refractivity (Wildman–Crippen MR) is 80.7 cm³/mol. The van der Waals surface area contributed by atoms with Crippen LogP contribution < -0.4 is 5.32 Å². The number of nitrogens with one attached hydrogen (secondary N) is 1. The van der Waals surface area contributed by atoms with Gasteiger partial charge in [-0.25, -0.2) is 4.98 Å². The largest absolute Gasteiger partial charge is 0.351 e. The number of aromatic nitrogens is 1. The highest BCUT2D eigenvalue weighted by atomic mass is 79.9. The van der Waals surface area contributed by atoms with E-state index in [0.29, 0.717) is 6.54 Å². The summed E-state index contributed by atoms with van der Waals surface area (Å²) in [6.07, 6.45) is 2.10. The number of hydrogen-bond donors (Lipinski definition) is 1. The van der Waals surface area contributed by atoms with Crippen molar-refractivity contribution in [2.45, 2.75) is 40.5 Å². The molecule has 0 radical (unpaired) electrons. The molecule has 1 aromatic heterocycles. The average Bonchev–Trinajstić information content (AvgIpc) is 2.70. The number of aryl methyl sites for hydroxylation is 2. The second kappa shape index (κ2) is 6.66. The Kier molecular flexibility index (Phi) is 5.79. The molecule has 1 aromatic rings. The van der Waals surface area contributed by atoms with Crippen LogP contribution in [0.4, 0.5) is 0 Å². The summed E-state index contributed by atoms with van der Waals surface area (Å²) in [6.45, 7) is 8.85. The van der Waals surface area contributed by atoms with Crippen molar-refractivity contribution in [1.82, 2.24) is 10.3 Å². The first-order chi connectivity index (χ1) is 8.48. The molecule has 0 bridgehead atoms. The fourth-order valence-corrected chi connectivity index (χ4v) is 3.65. The van der Waals surface area contributed by atoms with Crippen molar-refractivity contribution in [3.05, 3.63) is 15.6 Å². The van der Waals surface area contributed by atoms with E-state index < -0.39 is 0 Å². The number of hydrogen-bond acceptors (Lipinski definition) is 3. The number of thiazole rings is 1. The Morgan fingerprint density at radius 1 is 1.39 bits per heavy atom. The minimum Gasteiger partial charge on any atom is -0.351 e. The zero-order valence-electron chi connectivity index (χ0n) is 11.5. The Balaban J connectivity index is 2.69. The molecule has 102 valence electrons. The normalized spacial score (nSPS) is 11.6. The van der Waals surface area contributed by atoms with Crippen LogP contribution in [0.5, 0.6) is 0 Å². The van der Waals surface area contributed by atoms with E-state index in [2.05, 4.69) is 40.1 Å². The van der Waals surface area contributed by atoms with Crippen LogP contribution in [-0.4, -0.2) is 22.8 Å². The predicted octanol–water partition coefficient (Wildman–Crippen LogP) is 3.69. The summed E-state index contributed by atoms with van der Waals surface area (Å²) < 4.78 is 0. The Bertz CT molecular complexity index is 405. The van der Waals surface area contributed by atoms with E-state index in [-0.39, 0.29) is 11.3 Å². The second-order valence-electron chi connectivity index (χ2n) is 4.67. The van der Waals surface area contributed by atoms with Gasteiger partial charge in [0.05, 0.1) is 10.7 Å². The number of alkyl halides is 1. The fraction of sp³-hybridized carbons (Fsp3) is 0.692. The van der Waals surface area contributed by atoms with Gasteiger partial charge < -0.3 is 5.32 Å². The number of amides is 1. The van der Waals surface area contributed by atoms with Gasteiger partial charge in [-0.15, -0.1) is 11.3 Å². The Morgan fingerprint density at radius 3 is 2.39 bits per heavy atom. The van der Waals surface area contributed by atoms with Crippen molar-refractivity contribution < 1.29 is 4.79 Å². The number of carbonyl (C=O) groups excluding carboxylic acids is 1. The number of halogens is 1. The van der Waals surface area contributed by atoms with Crippen molar-refractivity contribution >= 4 is 33.2 Å². The molecule has 0 atom stereocenters. The van der Waals surface area contributed by atoms with Crippen LogP contribution in [0.15, 0.2) is 0 Å². The maximum absolute atomic E-state index is 12.1. The van der Waals surface area contributed by atoms with Crippen LogP contribution in [0.2, 0.25) is 0 Å². The molecule has 0 spiro atoms. The summed E-state index contributed by atoms with van der Waals surface area (Å²) in [5.41, 5.74) is 0.982. The van der Waals surface area contributed by atoms with Gasteiger partial charge in [-0.3, -0.25) is 4.79 Å². The smallest absolute Gasteiger partial charge is 0.263 e. The molecular formula is C13H21BrN2OS. The van der Waals surface area contributed by atoms with Crippen molar-refractivity contribution in [2.75, 3.05) is 11.9 Å². The van der Waals surface area contributed by atoms with Gasteiger partial charge in [-0.05, 0) is 32.1 Å². The first-order valence-electron chi connectivity index (χ1n) is 6.26. The maximum Gasteiger partial charge on any atom is 0.263 e. The highest BCUT2D eigenvalue weighted by molar-refractivity contribution is 9.09. The topological polar surface area (TPSA) is 42.0 Å². The molecule has 0 fully saturated rings. The molecular weight excluding hydrogens is 312 g/mol. The molecule has 0 aliphatic rings. The lowest BCUT2D eigenvalue weighted by Gasteiger charge is -2.29. The van der Waals surface area contributed by atoms with Crippen molar-refractivity contribution in [3.8, 4) is 0 Å². The number of nitrogens with zero attached hydrogens (tertiary/aromatic N) is 1. The van der Waals surface area contributed by atoms with E-state index in [1.165, 1.54) is 11.3 Å². The molecule has 0 saturated carbocycles. The van der Waals surface area contributed by atoms with Crippen LogP contribution in [0.1, 0.15) is 47.1 Å². The molecule has 1 heterocycles. The van der Waals surface area contributed by atoms with Gasteiger partial charge >= 0.3 is 0 Å². The first kappa shape index (κ1) is 15.6. The zero-order valence-corrected chi connectivity index (χ0v) is 13.9. The third-order valence-corrected chi connectivity index (χ3v) is 5.78. The molecule has 1 amide bonds. The first-order valence-corrected chi connectivity index (χ1v) is 8.20. The highest BCUT2D eigenvalue weighted by Gasteiger charge is 2.26. The SMILES string of the molecule is CCC(CC)(CBr)CNC(=O)c1sc(C)nc1C. The monoisotopic (exact) mass is 332 g/mol. The quantitative estimate of drug-likeness (QED) is 0.807. The summed E-state index contributed by atoms with van der Waals surface area (Å²) in [6, 6.07) is 0. The molecule has 0 saturated heterocycles. The van der Waals surface area contributed by atoms with Gasteiger partial charge in [0.15, 0.2) is 0 Å². The van der Waals surface area contributed by atoms with Crippen LogP contribution in [0, 0.1) is 19.3 Å². The molecule has 5 heteroatoms. The zero-order chi connectivity index (χ0) is 13.8. The molecule has 18 heavy (non-hydrogen) atoms. The van der Waals surface area contributed by atoms with Gasteiger partial charge in [-0.2, -0.15) is 0 Å². The summed E-state index contributed by atoms with van der Waals surface area (Å²) in [5.74, 6) is 0.00493. The summed E-state index contributed by atoms with van der Waals surface area (Å²) in [7, 11) is 0. The lowest BCUT2D eigenvalue weighted by Crippen LogP contribution is -2.38. The summed E-state index contributed by atoms with van der Waals surface area (Å²) in [4.78, 5) is 17.1. The van der Waals surface area contributed by atoms with E-state index in [0.717, 1.165) is 33.8 Å². The van der Waals surface area contributed by atoms with E-state index >= 15 is 0 Å². The third kappa shape index (κ3) is 3.54. The molecule has 0 aromatic carbocycles. The van der Waals surface area contributed by atoms with Crippen molar-refractivity contribution in [1.29, 1.82) is 0 Å².